The molecule has 40 heavy (non-hydrogen) atoms. The molecule has 1 unspecified atom stereocenters. The normalized spacial score (nSPS) is 20.9. The van der Waals surface area contributed by atoms with Crippen LogP contribution < -0.4 is 19.7 Å². The van der Waals surface area contributed by atoms with Crippen molar-refractivity contribution in [1.82, 2.24) is 15.0 Å². The maximum absolute atomic E-state index is 15.4. The van der Waals surface area contributed by atoms with Gasteiger partial charge in [0.1, 0.15) is 5.52 Å². The van der Waals surface area contributed by atoms with Gasteiger partial charge in [0.2, 0.25) is 5.95 Å². The number of fused-ring (bicyclic) bond motifs is 1. The molecule has 10 nitrogen and oxygen atoms in total. The average Bonchev–Trinajstić information content (AvgIpc) is 3.38. The van der Waals surface area contributed by atoms with Crippen molar-refractivity contribution in [3.05, 3.63) is 42.6 Å². The summed E-state index contributed by atoms with van der Waals surface area (Å²) in [4.78, 5) is 27.9. The van der Waals surface area contributed by atoms with Crippen LogP contribution in [0, 0.1) is 17.6 Å². The fraction of sp³-hybridized carbons (Fsp3) is 0.429. The minimum Gasteiger partial charge on any atom is -0.494 e. The lowest BCUT2D eigenvalue weighted by molar-refractivity contribution is -0.115. The highest BCUT2D eigenvalue weighted by atomic mass is 19.1. The van der Waals surface area contributed by atoms with Crippen molar-refractivity contribution >= 4 is 28.5 Å². The Bertz CT molecular complexity index is 1410. The van der Waals surface area contributed by atoms with Crippen LogP contribution >= 0.6 is 0 Å². The summed E-state index contributed by atoms with van der Waals surface area (Å²) in [6.07, 6.45) is 3.11. The van der Waals surface area contributed by atoms with E-state index in [0.717, 1.165) is 6.07 Å². The molecule has 2 aliphatic rings. The van der Waals surface area contributed by atoms with Gasteiger partial charge in [-0.3, -0.25) is 4.79 Å². The van der Waals surface area contributed by atoms with Crippen LogP contribution in [0.25, 0.3) is 22.2 Å². The van der Waals surface area contributed by atoms with Gasteiger partial charge in [0.15, 0.2) is 34.7 Å². The van der Waals surface area contributed by atoms with Gasteiger partial charge in [-0.15, -0.1) is 0 Å². The molecule has 1 N–H and O–H groups in total. The number of morpholine rings is 1. The fourth-order valence-corrected chi connectivity index (χ4v) is 5.03. The van der Waals surface area contributed by atoms with E-state index in [0.29, 0.717) is 62.0 Å². The Morgan fingerprint density at radius 3 is 2.62 bits per heavy atom. The Kier molecular flexibility index (Phi) is 8.08. The molecular formula is C28H31F2N5O5. The molecule has 1 aromatic carbocycles. The van der Waals surface area contributed by atoms with Crippen LogP contribution in [-0.4, -0.2) is 80.0 Å². The summed E-state index contributed by atoms with van der Waals surface area (Å²) in [5.74, 6) is -1.48. The molecule has 0 saturated carbocycles. The summed E-state index contributed by atoms with van der Waals surface area (Å²) in [6.45, 7) is 7.80. The summed E-state index contributed by atoms with van der Waals surface area (Å²) in [5, 5.41) is 3.82. The Labute approximate surface area is 230 Å². The van der Waals surface area contributed by atoms with Gasteiger partial charge in [0.05, 0.1) is 57.4 Å². The van der Waals surface area contributed by atoms with Crippen LogP contribution in [0.5, 0.6) is 11.5 Å². The standard InChI is InChI=1S/C28H31F2N5O5/c1-5-18(36)8-17-13-39-14-20(17)33-28-31-11-16-9-19(23-24(29)21(37-3)10-22(38-4)25(23)30)32-27(26(16)34-28)35-6-7-40-15(2)12-35/h5,9-11,15,17,20H,1,6-8,12-14H2,2-4H3,(H,31,33,34)/t15?,17-,20+/m0/s1. The number of hydrogen-bond donors (Lipinski definition) is 1. The molecule has 3 atom stereocenters. The van der Waals surface area contributed by atoms with Gasteiger partial charge >= 0.3 is 0 Å². The summed E-state index contributed by atoms with van der Waals surface area (Å²) in [7, 11) is 2.59. The zero-order valence-corrected chi connectivity index (χ0v) is 22.6. The Morgan fingerprint density at radius 1 is 1.20 bits per heavy atom. The molecule has 0 aliphatic carbocycles. The number of ether oxygens (including phenoxy) is 4. The van der Waals surface area contributed by atoms with E-state index in [-0.39, 0.29) is 46.6 Å². The number of hydrogen-bond acceptors (Lipinski definition) is 10. The van der Waals surface area contributed by atoms with Crippen molar-refractivity contribution in [2.75, 3.05) is 57.3 Å². The van der Waals surface area contributed by atoms with Crippen molar-refractivity contribution in [1.29, 1.82) is 0 Å². The number of aromatic nitrogens is 3. The van der Waals surface area contributed by atoms with Crippen molar-refractivity contribution in [3.8, 4) is 22.8 Å². The van der Waals surface area contributed by atoms with E-state index in [1.807, 2.05) is 11.8 Å². The number of halogens is 2. The molecule has 2 aromatic heterocycles. The lowest BCUT2D eigenvalue weighted by atomic mass is 9.97. The number of allylic oxidation sites excluding steroid dienone is 1. The zero-order valence-electron chi connectivity index (χ0n) is 22.6. The highest BCUT2D eigenvalue weighted by Gasteiger charge is 2.31. The molecule has 212 valence electrons. The van der Waals surface area contributed by atoms with Gasteiger partial charge in [-0.2, -0.15) is 0 Å². The Morgan fingerprint density at radius 2 is 1.95 bits per heavy atom. The smallest absolute Gasteiger partial charge is 0.223 e. The van der Waals surface area contributed by atoms with Crippen LogP contribution in [0.3, 0.4) is 0 Å². The second-order valence-electron chi connectivity index (χ2n) is 9.80. The maximum Gasteiger partial charge on any atom is 0.223 e. The van der Waals surface area contributed by atoms with E-state index in [9.17, 15) is 4.79 Å². The Balaban J connectivity index is 1.60. The quantitative estimate of drug-likeness (QED) is 0.392. The third-order valence-electron chi connectivity index (χ3n) is 7.12. The molecule has 3 aromatic rings. The predicted octanol–water partition coefficient (Wildman–Crippen LogP) is 3.78. The van der Waals surface area contributed by atoms with Gasteiger partial charge in [-0.05, 0) is 19.1 Å². The number of nitrogens with one attached hydrogen (secondary N) is 1. The number of carbonyl (C=O) groups is 1. The van der Waals surface area contributed by atoms with E-state index < -0.39 is 11.6 Å². The summed E-state index contributed by atoms with van der Waals surface area (Å²) < 4.78 is 52.4. The second kappa shape index (κ2) is 11.7. The highest BCUT2D eigenvalue weighted by molar-refractivity contribution is 5.92. The number of rotatable bonds is 9. The summed E-state index contributed by atoms with van der Waals surface area (Å²) >= 11 is 0. The van der Waals surface area contributed by atoms with Gasteiger partial charge < -0.3 is 29.2 Å². The van der Waals surface area contributed by atoms with Crippen LogP contribution in [0.1, 0.15) is 13.3 Å². The van der Waals surface area contributed by atoms with Crippen LogP contribution in [0.2, 0.25) is 0 Å². The minimum absolute atomic E-state index is 0.0466. The second-order valence-corrected chi connectivity index (χ2v) is 9.80. The molecule has 0 bridgehead atoms. The van der Waals surface area contributed by atoms with Crippen molar-refractivity contribution in [3.63, 3.8) is 0 Å². The number of pyridine rings is 1. The predicted molar refractivity (Wildman–Crippen MR) is 145 cm³/mol. The van der Waals surface area contributed by atoms with Gasteiger partial charge in [-0.1, -0.05) is 6.58 Å². The molecule has 0 spiro atoms. The monoisotopic (exact) mass is 555 g/mol. The highest BCUT2D eigenvalue weighted by Crippen LogP contribution is 2.39. The van der Waals surface area contributed by atoms with Crippen LogP contribution in [0.15, 0.2) is 31.0 Å². The number of benzene rings is 1. The first-order valence-corrected chi connectivity index (χ1v) is 13.0. The molecular weight excluding hydrogens is 524 g/mol. The lowest BCUT2D eigenvalue weighted by Crippen LogP contribution is -2.41. The van der Waals surface area contributed by atoms with Crippen molar-refractivity contribution < 1.29 is 32.5 Å². The van der Waals surface area contributed by atoms with E-state index >= 15 is 8.78 Å². The van der Waals surface area contributed by atoms with Crippen molar-refractivity contribution in [2.45, 2.75) is 25.5 Å². The molecule has 4 heterocycles. The maximum atomic E-state index is 15.4. The average molecular weight is 556 g/mol. The number of ketones is 1. The third-order valence-corrected chi connectivity index (χ3v) is 7.12. The number of carbonyl (C=O) groups excluding carboxylic acids is 1. The van der Waals surface area contributed by atoms with Crippen LogP contribution in [-0.2, 0) is 14.3 Å². The first-order chi connectivity index (χ1) is 19.3. The molecule has 0 amide bonds. The van der Waals surface area contributed by atoms with Crippen LogP contribution in [0.4, 0.5) is 20.5 Å². The number of anilines is 2. The molecule has 0 radical (unpaired) electrons. The first-order valence-electron chi connectivity index (χ1n) is 13.0. The van der Waals surface area contributed by atoms with Gasteiger partial charge in [-0.25, -0.2) is 23.7 Å². The number of nitrogens with zero attached hydrogens (tertiary/aromatic N) is 4. The number of methoxy groups -OCH3 is 2. The largest absolute Gasteiger partial charge is 0.494 e. The van der Waals surface area contributed by atoms with E-state index in [2.05, 4.69) is 16.9 Å². The summed E-state index contributed by atoms with van der Waals surface area (Å²) in [5.41, 5.74) is 0.176. The topological polar surface area (TPSA) is 108 Å². The fourth-order valence-electron chi connectivity index (χ4n) is 5.03. The molecule has 5 rings (SSSR count). The molecule has 12 heteroatoms. The Hall–Kier alpha value is -3.90. The van der Waals surface area contributed by atoms with Gasteiger partial charge in [0.25, 0.3) is 0 Å². The zero-order chi connectivity index (χ0) is 28.4. The van der Waals surface area contributed by atoms with Crippen molar-refractivity contribution in [2.24, 2.45) is 5.92 Å². The van der Waals surface area contributed by atoms with E-state index in [1.54, 1.807) is 6.20 Å². The minimum atomic E-state index is -0.894. The lowest BCUT2D eigenvalue weighted by Gasteiger charge is -2.32. The molecule has 2 saturated heterocycles. The van der Waals surface area contributed by atoms with E-state index in [1.165, 1.54) is 26.4 Å². The third kappa shape index (κ3) is 5.41. The van der Waals surface area contributed by atoms with E-state index in [4.69, 9.17) is 28.9 Å². The SMILES string of the molecule is C=CC(=O)C[C@H]1COC[C@H]1Nc1ncc2cc(-c3c(F)c(OC)cc(OC)c3F)nc(N3CCOC(C)C3)c2n1. The first kappa shape index (κ1) is 27.7. The van der Waals surface area contributed by atoms with Gasteiger partial charge in [0, 0.05) is 43.1 Å². The summed E-state index contributed by atoms with van der Waals surface area (Å²) in [6, 6.07) is 2.52. The molecule has 2 fully saturated rings. The molecule has 2 aliphatic heterocycles.